The standard InChI is InChI=1S/C16H25N3O4/c1-3-23-12-6-8-18(9-7-12)13(20)10-19-14(21)16(2,11-4-5-11)17-15(19)22/h11-12H,3-10H2,1-2H3,(H,17,22). The monoisotopic (exact) mass is 323 g/mol. The van der Waals surface area contributed by atoms with Crippen molar-refractivity contribution in [3.63, 3.8) is 0 Å². The van der Waals surface area contributed by atoms with Crippen molar-refractivity contribution >= 4 is 17.8 Å². The number of hydrogen-bond acceptors (Lipinski definition) is 4. The van der Waals surface area contributed by atoms with Crippen molar-refractivity contribution in [2.75, 3.05) is 26.2 Å². The summed E-state index contributed by atoms with van der Waals surface area (Å²) in [4.78, 5) is 39.8. The van der Waals surface area contributed by atoms with E-state index in [2.05, 4.69) is 5.32 Å². The van der Waals surface area contributed by atoms with Gasteiger partial charge < -0.3 is 15.0 Å². The number of rotatable bonds is 5. The van der Waals surface area contributed by atoms with E-state index in [1.54, 1.807) is 11.8 Å². The minimum atomic E-state index is -0.820. The fourth-order valence-electron chi connectivity index (χ4n) is 3.54. The fourth-order valence-corrected chi connectivity index (χ4v) is 3.54. The molecule has 2 heterocycles. The molecule has 0 aromatic rings. The predicted molar refractivity (Wildman–Crippen MR) is 82.6 cm³/mol. The quantitative estimate of drug-likeness (QED) is 0.757. The smallest absolute Gasteiger partial charge is 0.325 e. The molecular formula is C16H25N3O4. The van der Waals surface area contributed by atoms with Gasteiger partial charge in [-0.3, -0.25) is 14.5 Å². The van der Waals surface area contributed by atoms with Crippen LogP contribution in [0.3, 0.4) is 0 Å². The third kappa shape index (κ3) is 3.06. The van der Waals surface area contributed by atoms with Crippen molar-refractivity contribution in [3.8, 4) is 0 Å². The summed E-state index contributed by atoms with van der Waals surface area (Å²) in [5, 5.41) is 2.77. The highest BCUT2D eigenvalue weighted by molar-refractivity contribution is 6.09. The highest BCUT2D eigenvalue weighted by atomic mass is 16.5. The molecule has 1 atom stereocenters. The number of nitrogens with zero attached hydrogens (tertiary/aromatic N) is 2. The summed E-state index contributed by atoms with van der Waals surface area (Å²) in [6.45, 7) is 5.49. The molecular weight excluding hydrogens is 298 g/mol. The Bertz CT molecular complexity index is 511. The molecule has 1 saturated carbocycles. The van der Waals surface area contributed by atoms with Crippen LogP contribution in [0, 0.1) is 5.92 Å². The molecule has 0 bridgehead atoms. The summed E-state index contributed by atoms with van der Waals surface area (Å²) in [5.74, 6) is -0.216. The second-order valence-electron chi connectivity index (χ2n) is 6.83. The summed E-state index contributed by atoms with van der Waals surface area (Å²) < 4.78 is 5.57. The van der Waals surface area contributed by atoms with Gasteiger partial charge in [0.15, 0.2) is 0 Å². The van der Waals surface area contributed by atoms with Gasteiger partial charge in [-0.2, -0.15) is 0 Å². The molecule has 2 saturated heterocycles. The first-order chi connectivity index (χ1) is 11.0. The Morgan fingerprint density at radius 3 is 2.48 bits per heavy atom. The van der Waals surface area contributed by atoms with Crippen LogP contribution >= 0.6 is 0 Å². The van der Waals surface area contributed by atoms with Crippen molar-refractivity contribution in [2.24, 2.45) is 5.92 Å². The molecule has 1 N–H and O–H groups in total. The van der Waals surface area contributed by atoms with Crippen molar-refractivity contribution < 1.29 is 19.1 Å². The summed E-state index contributed by atoms with van der Waals surface area (Å²) in [7, 11) is 0. The van der Waals surface area contributed by atoms with Crippen LogP contribution in [-0.4, -0.2) is 65.5 Å². The van der Waals surface area contributed by atoms with E-state index in [1.165, 1.54) is 0 Å². The molecule has 128 valence electrons. The molecule has 0 radical (unpaired) electrons. The van der Waals surface area contributed by atoms with Crippen LogP contribution in [0.25, 0.3) is 0 Å². The number of carbonyl (C=O) groups is 3. The summed E-state index contributed by atoms with van der Waals surface area (Å²) in [6.07, 6.45) is 3.72. The SMILES string of the molecule is CCOC1CCN(C(=O)CN2C(=O)NC(C)(C3CC3)C2=O)CC1. The first kappa shape index (κ1) is 16.2. The molecule has 2 aliphatic heterocycles. The van der Waals surface area contributed by atoms with Gasteiger partial charge in [0.25, 0.3) is 5.91 Å². The van der Waals surface area contributed by atoms with Gasteiger partial charge in [0.2, 0.25) is 5.91 Å². The van der Waals surface area contributed by atoms with Crippen LogP contribution in [0.2, 0.25) is 0 Å². The lowest BCUT2D eigenvalue weighted by Gasteiger charge is -2.32. The number of nitrogens with one attached hydrogen (secondary N) is 1. The van der Waals surface area contributed by atoms with Crippen LogP contribution in [0.4, 0.5) is 4.79 Å². The summed E-state index contributed by atoms with van der Waals surface area (Å²) in [6, 6.07) is -0.443. The number of amides is 4. The van der Waals surface area contributed by atoms with E-state index >= 15 is 0 Å². The van der Waals surface area contributed by atoms with Crippen molar-refractivity contribution in [2.45, 2.75) is 51.2 Å². The van der Waals surface area contributed by atoms with Gasteiger partial charge in [0, 0.05) is 19.7 Å². The number of piperidine rings is 1. The average Bonchev–Trinajstić information content (AvgIpc) is 3.34. The molecule has 7 nitrogen and oxygen atoms in total. The second kappa shape index (κ2) is 6.11. The molecule has 3 fully saturated rings. The number of carbonyl (C=O) groups excluding carboxylic acids is 3. The van der Waals surface area contributed by atoms with Gasteiger partial charge in [-0.15, -0.1) is 0 Å². The van der Waals surface area contributed by atoms with Gasteiger partial charge in [-0.05, 0) is 45.4 Å². The molecule has 1 unspecified atom stereocenters. The molecule has 7 heteroatoms. The van der Waals surface area contributed by atoms with E-state index in [0.29, 0.717) is 19.7 Å². The zero-order valence-corrected chi connectivity index (χ0v) is 13.8. The lowest BCUT2D eigenvalue weighted by atomic mass is 9.96. The molecule has 0 aromatic carbocycles. The zero-order chi connectivity index (χ0) is 16.6. The predicted octanol–water partition coefficient (Wildman–Crippen LogP) is 0.734. The number of urea groups is 1. The Labute approximate surface area is 136 Å². The highest BCUT2D eigenvalue weighted by Crippen LogP contribution is 2.42. The maximum absolute atomic E-state index is 12.5. The first-order valence-corrected chi connectivity index (χ1v) is 8.49. The third-order valence-corrected chi connectivity index (χ3v) is 5.19. The summed E-state index contributed by atoms with van der Waals surface area (Å²) >= 11 is 0. The topological polar surface area (TPSA) is 79.0 Å². The van der Waals surface area contributed by atoms with E-state index in [0.717, 1.165) is 30.6 Å². The zero-order valence-electron chi connectivity index (χ0n) is 13.8. The minimum Gasteiger partial charge on any atom is -0.378 e. The average molecular weight is 323 g/mol. The van der Waals surface area contributed by atoms with E-state index in [1.807, 2.05) is 6.92 Å². The van der Waals surface area contributed by atoms with E-state index in [-0.39, 0.29) is 30.4 Å². The lowest BCUT2D eigenvalue weighted by molar-refractivity contribution is -0.140. The van der Waals surface area contributed by atoms with E-state index in [9.17, 15) is 14.4 Å². The van der Waals surface area contributed by atoms with E-state index in [4.69, 9.17) is 4.74 Å². The lowest BCUT2D eigenvalue weighted by Crippen LogP contribution is -2.48. The van der Waals surface area contributed by atoms with Gasteiger partial charge in [0.05, 0.1) is 6.10 Å². The molecule has 4 amide bonds. The molecule has 3 rings (SSSR count). The Kier molecular flexibility index (Phi) is 4.31. The third-order valence-electron chi connectivity index (χ3n) is 5.19. The Morgan fingerprint density at radius 1 is 1.26 bits per heavy atom. The number of imide groups is 1. The fraction of sp³-hybridized carbons (Fsp3) is 0.812. The van der Waals surface area contributed by atoms with E-state index < -0.39 is 11.6 Å². The molecule has 0 aromatic heterocycles. The number of ether oxygens (including phenoxy) is 1. The van der Waals surface area contributed by atoms with Crippen molar-refractivity contribution in [3.05, 3.63) is 0 Å². The Balaban J connectivity index is 1.56. The Morgan fingerprint density at radius 2 is 1.91 bits per heavy atom. The second-order valence-corrected chi connectivity index (χ2v) is 6.83. The Hall–Kier alpha value is -1.63. The van der Waals surface area contributed by atoms with Gasteiger partial charge in [-0.1, -0.05) is 0 Å². The van der Waals surface area contributed by atoms with Crippen molar-refractivity contribution in [1.29, 1.82) is 0 Å². The van der Waals surface area contributed by atoms with Crippen LogP contribution in [0.15, 0.2) is 0 Å². The molecule has 3 aliphatic rings. The number of likely N-dealkylation sites (tertiary alicyclic amines) is 1. The maximum Gasteiger partial charge on any atom is 0.325 e. The van der Waals surface area contributed by atoms with Crippen LogP contribution in [-0.2, 0) is 14.3 Å². The van der Waals surface area contributed by atoms with Gasteiger partial charge >= 0.3 is 6.03 Å². The van der Waals surface area contributed by atoms with Crippen LogP contribution in [0.1, 0.15) is 39.5 Å². The van der Waals surface area contributed by atoms with Crippen LogP contribution in [0.5, 0.6) is 0 Å². The van der Waals surface area contributed by atoms with Gasteiger partial charge in [-0.25, -0.2) is 4.79 Å². The minimum absolute atomic E-state index is 0.160. The molecule has 23 heavy (non-hydrogen) atoms. The first-order valence-electron chi connectivity index (χ1n) is 8.49. The van der Waals surface area contributed by atoms with Crippen LogP contribution < -0.4 is 5.32 Å². The normalized spacial score (nSPS) is 29.1. The highest BCUT2D eigenvalue weighted by Gasteiger charge is 2.56. The molecule has 1 aliphatic carbocycles. The molecule has 0 spiro atoms. The van der Waals surface area contributed by atoms with Crippen molar-refractivity contribution in [1.82, 2.24) is 15.1 Å². The largest absolute Gasteiger partial charge is 0.378 e. The maximum atomic E-state index is 12.5. The summed E-state index contributed by atoms with van der Waals surface area (Å²) in [5.41, 5.74) is -0.820. The number of hydrogen-bond donors (Lipinski definition) is 1. The van der Waals surface area contributed by atoms with Gasteiger partial charge in [0.1, 0.15) is 12.1 Å².